The molecule has 0 saturated carbocycles. The zero-order chi connectivity index (χ0) is 22.3. The fourth-order valence-electron chi connectivity index (χ4n) is 3.11. The second kappa shape index (κ2) is 9.61. The SMILES string of the molecule is Cc1oc(-c2ccccc2)nc1CC(=O)Nc1ccc(NC(=O)Nc2ccccc2)cc1. The molecule has 0 fully saturated rings. The second-order valence-electron chi connectivity index (χ2n) is 7.14. The van der Waals surface area contributed by atoms with Gasteiger partial charge in [0.15, 0.2) is 0 Å². The highest BCUT2D eigenvalue weighted by Gasteiger charge is 2.15. The van der Waals surface area contributed by atoms with Crippen LogP contribution in [0.2, 0.25) is 0 Å². The summed E-state index contributed by atoms with van der Waals surface area (Å²) in [6, 6.07) is 25.3. The van der Waals surface area contributed by atoms with Gasteiger partial charge in [-0.2, -0.15) is 0 Å². The van der Waals surface area contributed by atoms with Crippen molar-refractivity contribution in [2.24, 2.45) is 0 Å². The number of hydrogen-bond acceptors (Lipinski definition) is 4. The largest absolute Gasteiger partial charge is 0.441 e. The minimum Gasteiger partial charge on any atom is -0.441 e. The van der Waals surface area contributed by atoms with Crippen LogP contribution in [-0.2, 0) is 11.2 Å². The van der Waals surface area contributed by atoms with Crippen LogP contribution in [0.3, 0.4) is 0 Å². The molecule has 0 spiro atoms. The van der Waals surface area contributed by atoms with E-state index < -0.39 is 0 Å². The van der Waals surface area contributed by atoms with E-state index in [1.54, 1.807) is 43.3 Å². The maximum atomic E-state index is 12.5. The molecule has 4 aromatic rings. The topological polar surface area (TPSA) is 96.3 Å². The number of aromatic nitrogens is 1. The lowest BCUT2D eigenvalue weighted by molar-refractivity contribution is -0.115. The van der Waals surface area contributed by atoms with E-state index in [0.29, 0.717) is 34.4 Å². The van der Waals surface area contributed by atoms with E-state index in [-0.39, 0.29) is 18.4 Å². The van der Waals surface area contributed by atoms with Crippen LogP contribution >= 0.6 is 0 Å². The monoisotopic (exact) mass is 426 g/mol. The van der Waals surface area contributed by atoms with Crippen LogP contribution in [0.5, 0.6) is 0 Å². The molecular weight excluding hydrogens is 404 g/mol. The van der Waals surface area contributed by atoms with Gasteiger partial charge in [0.1, 0.15) is 5.76 Å². The fraction of sp³-hybridized carbons (Fsp3) is 0.0800. The Morgan fingerprint density at radius 1 is 0.750 bits per heavy atom. The third-order valence-corrected chi connectivity index (χ3v) is 4.70. The normalized spacial score (nSPS) is 10.4. The van der Waals surface area contributed by atoms with E-state index >= 15 is 0 Å². The summed E-state index contributed by atoms with van der Waals surface area (Å²) in [4.78, 5) is 29.0. The van der Waals surface area contributed by atoms with Crippen LogP contribution in [0, 0.1) is 6.92 Å². The minimum absolute atomic E-state index is 0.0989. The summed E-state index contributed by atoms with van der Waals surface area (Å²) in [5.41, 5.74) is 3.39. The lowest BCUT2D eigenvalue weighted by Crippen LogP contribution is -2.19. The zero-order valence-electron chi connectivity index (χ0n) is 17.5. The predicted molar refractivity (Wildman–Crippen MR) is 125 cm³/mol. The van der Waals surface area contributed by atoms with Crippen LogP contribution in [0.1, 0.15) is 11.5 Å². The molecule has 7 nitrogen and oxygen atoms in total. The number of nitrogens with zero attached hydrogens (tertiary/aromatic N) is 1. The minimum atomic E-state index is -0.344. The Labute approximate surface area is 185 Å². The molecule has 7 heteroatoms. The Hall–Kier alpha value is -4.39. The van der Waals surface area contributed by atoms with Crippen LogP contribution in [0.4, 0.5) is 21.9 Å². The lowest BCUT2D eigenvalue weighted by atomic mass is 10.2. The molecule has 0 unspecified atom stereocenters. The van der Waals surface area contributed by atoms with Crippen LogP contribution in [-0.4, -0.2) is 16.9 Å². The summed E-state index contributed by atoms with van der Waals surface area (Å²) < 4.78 is 5.71. The standard InChI is InChI=1S/C25H22N4O3/c1-17-22(29-24(32-17)18-8-4-2-5-9-18)16-23(30)26-20-12-14-21(15-13-20)28-25(31)27-19-10-6-3-7-11-19/h2-15H,16H2,1H3,(H,26,30)(H2,27,28,31). The molecule has 160 valence electrons. The molecule has 0 aliphatic carbocycles. The zero-order valence-corrected chi connectivity index (χ0v) is 17.5. The van der Waals surface area contributed by atoms with Crippen molar-refractivity contribution in [2.45, 2.75) is 13.3 Å². The summed E-state index contributed by atoms with van der Waals surface area (Å²) in [5.74, 6) is 0.904. The van der Waals surface area contributed by atoms with Crippen molar-refractivity contribution in [1.82, 2.24) is 4.98 Å². The average molecular weight is 426 g/mol. The van der Waals surface area contributed by atoms with Crippen LogP contribution in [0.15, 0.2) is 89.3 Å². The van der Waals surface area contributed by atoms with Gasteiger partial charge in [-0.1, -0.05) is 36.4 Å². The van der Waals surface area contributed by atoms with Gasteiger partial charge < -0.3 is 20.4 Å². The molecule has 0 atom stereocenters. The first-order valence-corrected chi connectivity index (χ1v) is 10.1. The highest BCUT2D eigenvalue weighted by molar-refractivity contribution is 6.00. The summed E-state index contributed by atoms with van der Waals surface area (Å²) in [6.45, 7) is 1.79. The average Bonchev–Trinajstić information content (AvgIpc) is 3.16. The maximum absolute atomic E-state index is 12.5. The molecule has 0 aliphatic heterocycles. The van der Waals surface area contributed by atoms with Crippen molar-refractivity contribution in [2.75, 3.05) is 16.0 Å². The van der Waals surface area contributed by atoms with Crippen molar-refractivity contribution < 1.29 is 14.0 Å². The third kappa shape index (κ3) is 5.40. The molecule has 32 heavy (non-hydrogen) atoms. The van der Waals surface area contributed by atoms with Gasteiger partial charge in [0.05, 0.1) is 12.1 Å². The number of benzene rings is 3. The molecule has 0 aliphatic rings. The second-order valence-corrected chi connectivity index (χ2v) is 7.14. The predicted octanol–water partition coefficient (Wildman–Crippen LogP) is 5.48. The molecule has 3 aromatic carbocycles. The van der Waals surface area contributed by atoms with Crippen molar-refractivity contribution >= 4 is 29.0 Å². The van der Waals surface area contributed by atoms with Gasteiger partial charge in [-0.3, -0.25) is 4.79 Å². The number of rotatable bonds is 6. The molecule has 1 aromatic heterocycles. The molecule has 0 saturated heterocycles. The fourth-order valence-corrected chi connectivity index (χ4v) is 3.11. The first-order valence-electron chi connectivity index (χ1n) is 10.1. The Morgan fingerprint density at radius 3 is 1.91 bits per heavy atom. The van der Waals surface area contributed by atoms with E-state index in [1.165, 1.54) is 0 Å². The number of oxazole rings is 1. The number of nitrogens with one attached hydrogen (secondary N) is 3. The number of carbonyl (C=O) groups excluding carboxylic acids is 2. The number of anilines is 3. The highest BCUT2D eigenvalue weighted by atomic mass is 16.4. The van der Waals surface area contributed by atoms with Crippen LogP contribution < -0.4 is 16.0 Å². The van der Waals surface area contributed by atoms with Crippen LogP contribution in [0.25, 0.3) is 11.5 Å². The van der Waals surface area contributed by atoms with Crippen molar-refractivity contribution in [3.8, 4) is 11.5 Å². The van der Waals surface area contributed by atoms with E-state index in [9.17, 15) is 9.59 Å². The van der Waals surface area contributed by atoms with E-state index in [4.69, 9.17) is 4.42 Å². The van der Waals surface area contributed by atoms with Gasteiger partial charge in [0.25, 0.3) is 0 Å². The summed E-state index contributed by atoms with van der Waals surface area (Å²) in [7, 11) is 0. The lowest BCUT2D eigenvalue weighted by Gasteiger charge is -2.09. The number of amides is 3. The first-order chi connectivity index (χ1) is 15.6. The molecule has 1 heterocycles. The third-order valence-electron chi connectivity index (χ3n) is 4.70. The number of hydrogen-bond donors (Lipinski definition) is 3. The molecular formula is C25H22N4O3. The molecule has 0 radical (unpaired) electrons. The summed E-state index contributed by atoms with van der Waals surface area (Å²) in [5, 5.41) is 8.34. The quantitative estimate of drug-likeness (QED) is 0.381. The summed E-state index contributed by atoms with van der Waals surface area (Å²) >= 11 is 0. The van der Waals surface area contributed by atoms with Crippen molar-refractivity contribution in [1.29, 1.82) is 0 Å². The van der Waals surface area contributed by atoms with Gasteiger partial charge in [-0.25, -0.2) is 9.78 Å². The molecule has 3 N–H and O–H groups in total. The smallest absolute Gasteiger partial charge is 0.323 e. The highest BCUT2D eigenvalue weighted by Crippen LogP contribution is 2.22. The maximum Gasteiger partial charge on any atom is 0.323 e. The molecule has 0 bridgehead atoms. The number of aryl methyl sites for hydroxylation is 1. The van der Waals surface area contributed by atoms with Crippen molar-refractivity contribution in [3.05, 3.63) is 96.4 Å². The van der Waals surface area contributed by atoms with Gasteiger partial charge in [-0.15, -0.1) is 0 Å². The van der Waals surface area contributed by atoms with Gasteiger partial charge in [0.2, 0.25) is 11.8 Å². The van der Waals surface area contributed by atoms with Gasteiger partial charge in [-0.05, 0) is 55.5 Å². The Kier molecular flexibility index (Phi) is 6.27. The Bertz CT molecular complexity index is 1200. The number of para-hydroxylation sites is 1. The molecule has 4 rings (SSSR count). The van der Waals surface area contributed by atoms with E-state index in [0.717, 1.165) is 5.56 Å². The van der Waals surface area contributed by atoms with Gasteiger partial charge >= 0.3 is 6.03 Å². The van der Waals surface area contributed by atoms with Gasteiger partial charge in [0, 0.05) is 22.6 Å². The summed E-state index contributed by atoms with van der Waals surface area (Å²) in [6.07, 6.45) is 0.0989. The van der Waals surface area contributed by atoms with E-state index in [1.807, 2.05) is 48.5 Å². The van der Waals surface area contributed by atoms with E-state index in [2.05, 4.69) is 20.9 Å². The Balaban J connectivity index is 1.32. The number of carbonyl (C=O) groups is 2. The molecule has 3 amide bonds. The number of urea groups is 1. The van der Waals surface area contributed by atoms with Crippen molar-refractivity contribution in [3.63, 3.8) is 0 Å². The Morgan fingerprint density at radius 2 is 1.28 bits per heavy atom. The first kappa shape index (κ1) is 20.9.